The van der Waals surface area contributed by atoms with E-state index in [4.69, 9.17) is 4.74 Å². The third kappa shape index (κ3) is 4.46. The van der Waals surface area contributed by atoms with Crippen LogP contribution >= 0.6 is 0 Å². The van der Waals surface area contributed by atoms with Crippen molar-refractivity contribution in [3.8, 4) is 5.75 Å². The fourth-order valence-corrected chi connectivity index (χ4v) is 3.79. The zero-order valence-electron chi connectivity index (χ0n) is 17.4. The number of anilines is 1. The molecule has 2 N–H and O–H groups in total. The highest BCUT2D eigenvalue weighted by molar-refractivity contribution is 6.03. The van der Waals surface area contributed by atoms with Crippen molar-refractivity contribution in [1.29, 1.82) is 0 Å². The summed E-state index contributed by atoms with van der Waals surface area (Å²) in [6.07, 6.45) is 1.34. The quantitative estimate of drug-likeness (QED) is 0.629. The monoisotopic (exact) mass is 440 g/mol. The van der Waals surface area contributed by atoms with Gasteiger partial charge in [-0.3, -0.25) is 14.7 Å². The minimum Gasteiger partial charge on any atom is -0.494 e. The molecule has 1 saturated heterocycles. The molecule has 0 spiro atoms. The van der Waals surface area contributed by atoms with Crippen molar-refractivity contribution in [2.24, 2.45) is 0 Å². The molecule has 2 amide bonds. The Morgan fingerprint density at radius 2 is 1.84 bits per heavy atom. The second-order valence-electron chi connectivity index (χ2n) is 7.56. The fourth-order valence-electron chi connectivity index (χ4n) is 3.79. The summed E-state index contributed by atoms with van der Waals surface area (Å²) in [6.45, 7) is 0.986. The number of amides is 2. The van der Waals surface area contributed by atoms with Gasteiger partial charge in [0.1, 0.15) is 5.82 Å². The lowest BCUT2D eigenvalue weighted by molar-refractivity contribution is 0.0711. The summed E-state index contributed by atoms with van der Waals surface area (Å²) in [6, 6.07) is 11.7. The highest BCUT2D eigenvalue weighted by atomic mass is 19.1. The standard InChI is InChI=1S/C23H22F2N4O3/c1-32-21-7-6-15(12-17(21)25)23(31)29-10-8-14(9-11-29)19-13-20(28-27-19)22(30)26-18-5-3-2-4-16(18)24/h2-7,12-14H,8-11H2,1H3,(H,26,30)(H,27,28). The Kier molecular flexibility index (Phi) is 6.16. The minimum absolute atomic E-state index is 0.0869. The molecule has 2 aromatic carbocycles. The van der Waals surface area contributed by atoms with Crippen molar-refractivity contribution in [2.45, 2.75) is 18.8 Å². The summed E-state index contributed by atoms with van der Waals surface area (Å²) >= 11 is 0. The number of H-pyrrole nitrogens is 1. The lowest BCUT2D eigenvalue weighted by atomic mass is 9.93. The van der Waals surface area contributed by atoms with Gasteiger partial charge in [0.25, 0.3) is 11.8 Å². The lowest BCUT2D eigenvalue weighted by Crippen LogP contribution is -2.38. The van der Waals surface area contributed by atoms with Crippen molar-refractivity contribution >= 4 is 17.5 Å². The molecule has 4 rings (SSSR count). The molecule has 0 saturated carbocycles. The summed E-state index contributed by atoms with van der Waals surface area (Å²) < 4.78 is 32.6. The SMILES string of the molecule is COc1ccc(C(=O)N2CCC(c3cc(C(=O)Nc4ccccc4F)n[nH]3)CC2)cc1F. The zero-order valence-corrected chi connectivity index (χ0v) is 17.4. The number of para-hydroxylation sites is 1. The minimum atomic E-state index is -0.577. The highest BCUT2D eigenvalue weighted by Gasteiger charge is 2.27. The molecule has 0 bridgehead atoms. The molecular formula is C23H22F2N4O3. The average Bonchev–Trinajstić information content (AvgIpc) is 3.31. The van der Waals surface area contributed by atoms with E-state index in [1.807, 2.05) is 0 Å². The number of halogens is 2. The second-order valence-corrected chi connectivity index (χ2v) is 7.56. The Morgan fingerprint density at radius 3 is 2.53 bits per heavy atom. The number of hydrogen-bond acceptors (Lipinski definition) is 4. The number of carbonyl (C=O) groups is 2. The van der Waals surface area contributed by atoms with Crippen LogP contribution in [0.15, 0.2) is 48.5 Å². The molecular weight excluding hydrogens is 418 g/mol. The van der Waals surface area contributed by atoms with Crippen molar-refractivity contribution in [1.82, 2.24) is 15.1 Å². The van der Waals surface area contributed by atoms with E-state index >= 15 is 0 Å². The van der Waals surface area contributed by atoms with Crippen molar-refractivity contribution < 1.29 is 23.1 Å². The Morgan fingerprint density at radius 1 is 1.09 bits per heavy atom. The molecule has 0 aliphatic carbocycles. The maximum absolute atomic E-state index is 13.9. The molecule has 1 aromatic heterocycles. The van der Waals surface area contributed by atoms with E-state index in [9.17, 15) is 18.4 Å². The first kappa shape index (κ1) is 21.5. The van der Waals surface area contributed by atoms with E-state index in [1.165, 1.54) is 31.4 Å². The third-order valence-electron chi connectivity index (χ3n) is 5.57. The average molecular weight is 440 g/mol. The number of methoxy groups -OCH3 is 1. The van der Waals surface area contributed by atoms with Gasteiger partial charge >= 0.3 is 0 Å². The topological polar surface area (TPSA) is 87.3 Å². The molecule has 0 radical (unpaired) electrons. The first-order valence-electron chi connectivity index (χ1n) is 10.2. The number of benzene rings is 2. The van der Waals surface area contributed by atoms with Crippen LogP contribution in [0, 0.1) is 11.6 Å². The Balaban J connectivity index is 1.36. The van der Waals surface area contributed by atoms with Gasteiger partial charge in [-0.2, -0.15) is 5.10 Å². The van der Waals surface area contributed by atoms with Gasteiger partial charge in [0.15, 0.2) is 17.3 Å². The van der Waals surface area contributed by atoms with E-state index in [-0.39, 0.29) is 34.5 Å². The Hall–Kier alpha value is -3.75. The summed E-state index contributed by atoms with van der Waals surface area (Å²) in [5.41, 5.74) is 1.31. The van der Waals surface area contributed by atoms with Crippen LogP contribution in [-0.4, -0.2) is 47.1 Å². The van der Waals surface area contributed by atoms with Crippen LogP contribution in [0.1, 0.15) is 45.3 Å². The van der Waals surface area contributed by atoms with Gasteiger partial charge in [0, 0.05) is 30.3 Å². The molecule has 1 fully saturated rings. The zero-order chi connectivity index (χ0) is 22.7. The number of rotatable bonds is 5. The number of nitrogens with one attached hydrogen (secondary N) is 2. The smallest absolute Gasteiger partial charge is 0.276 e. The van der Waals surface area contributed by atoms with Crippen LogP contribution in [-0.2, 0) is 0 Å². The normalized spacial score (nSPS) is 14.3. The number of ether oxygens (including phenoxy) is 1. The molecule has 3 aromatic rings. The molecule has 1 aliphatic heterocycles. The van der Waals surface area contributed by atoms with Crippen LogP contribution in [0.3, 0.4) is 0 Å². The van der Waals surface area contributed by atoms with Gasteiger partial charge < -0.3 is 15.0 Å². The van der Waals surface area contributed by atoms with E-state index in [0.717, 1.165) is 5.69 Å². The predicted molar refractivity (Wildman–Crippen MR) is 114 cm³/mol. The van der Waals surface area contributed by atoms with Gasteiger partial charge in [-0.15, -0.1) is 0 Å². The van der Waals surface area contributed by atoms with Crippen LogP contribution in [0.4, 0.5) is 14.5 Å². The highest BCUT2D eigenvalue weighted by Crippen LogP contribution is 2.28. The molecule has 7 nitrogen and oxygen atoms in total. The van der Waals surface area contributed by atoms with E-state index in [0.29, 0.717) is 25.9 Å². The van der Waals surface area contributed by atoms with E-state index in [1.54, 1.807) is 29.2 Å². The largest absolute Gasteiger partial charge is 0.494 e. The summed E-state index contributed by atoms with van der Waals surface area (Å²) in [4.78, 5) is 26.8. The van der Waals surface area contributed by atoms with Crippen molar-refractivity contribution in [2.75, 3.05) is 25.5 Å². The number of hydrogen-bond donors (Lipinski definition) is 2. The van der Waals surface area contributed by atoms with Gasteiger partial charge in [-0.1, -0.05) is 12.1 Å². The number of aromatic amines is 1. The molecule has 1 aliphatic rings. The van der Waals surface area contributed by atoms with Crippen molar-refractivity contribution in [3.63, 3.8) is 0 Å². The number of carbonyl (C=O) groups excluding carboxylic acids is 2. The molecule has 2 heterocycles. The molecule has 0 unspecified atom stereocenters. The second kappa shape index (κ2) is 9.17. The van der Waals surface area contributed by atoms with Gasteiger partial charge in [0.05, 0.1) is 12.8 Å². The first-order chi connectivity index (χ1) is 15.5. The predicted octanol–water partition coefficient (Wildman–Crippen LogP) is 3.97. The number of likely N-dealkylation sites (tertiary alicyclic amines) is 1. The van der Waals surface area contributed by atoms with Gasteiger partial charge in [0.2, 0.25) is 0 Å². The Bertz CT molecular complexity index is 1140. The van der Waals surface area contributed by atoms with Gasteiger partial charge in [-0.05, 0) is 49.2 Å². The number of nitrogens with zero attached hydrogens (tertiary/aromatic N) is 2. The molecule has 9 heteroatoms. The maximum Gasteiger partial charge on any atom is 0.276 e. The Labute approximate surface area is 183 Å². The number of piperidine rings is 1. The summed E-state index contributed by atoms with van der Waals surface area (Å²) in [5, 5.41) is 9.44. The molecule has 166 valence electrons. The first-order valence-corrected chi connectivity index (χ1v) is 10.2. The van der Waals surface area contributed by atoms with Crippen LogP contribution in [0.2, 0.25) is 0 Å². The summed E-state index contributed by atoms with van der Waals surface area (Å²) in [7, 11) is 1.37. The van der Waals surface area contributed by atoms with E-state index < -0.39 is 17.5 Å². The van der Waals surface area contributed by atoms with E-state index in [2.05, 4.69) is 15.5 Å². The fraction of sp³-hybridized carbons (Fsp3) is 0.261. The lowest BCUT2D eigenvalue weighted by Gasteiger charge is -2.31. The van der Waals surface area contributed by atoms with Crippen LogP contribution in [0.5, 0.6) is 5.75 Å². The van der Waals surface area contributed by atoms with Crippen molar-refractivity contribution in [3.05, 3.63) is 77.1 Å². The van der Waals surface area contributed by atoms with Crippen LogP contribution in [0.25, 0.3) is 0 Å². The maximum atomic E-state index is 13.9. The third-order valence-corrected chi connectivity index (χ3v) is 5.57. The number of aromatic nitrogens is 2. The molecule has 32 heavy (non-hydrogen) atoms. The summed E-state index contributed by atoms with van der Waals surface area (Å²) in [5.74, 6) is -1.66. The van der Waals surface area contributed by atoms with Crippen LogP contribution < -0.4 is 10.1 Å². The van der Waals surface area contributed by atoms with Gasteiger partial charge in [-0.25, -0.2) is 8.78 Å². The molecule has 0 atom stereocenters.